The summed E-state index contributed by atoms with van der Waals surface area (Å²) >= 11 is 6.10. The summed E-state index contributed by atoms with van der Waals surface area (Å²) in [6.07, 6.45) is 5.51. The van der Waals surface area contributed by atoms with Gasteiger partial charge >= 0.3 is 0 Å². The van der Waals surface area contributed by atoms with E-state index in [0.29, 0.717) is 26.7 Å². The van der Waals surface area contributed by atoms with Crippen LogP contribution in [-0.2, 0) is 16.4 Å². The van der Waals surface area contributed by atoms with Crippen LogP contribution in [-0.4, -0.2) is 15.0 Å². The molecule has 28 heavy (non-hydrogen) atoms. The van der Waals surface area contributed by atoms with Crippen molar-refractivity contribution in [3.63, 3.8) is 0 Å². The van der Waals surface area contributed by atoms with E-state index in [-0.39, 0.29) is 11.2 Å². The van der Waals surface area contributed by atoms with Crippen LogP contribution in [0.4, 0.5) is 5.69 Å². The lowest BCUT2D eigenvalue weighted by molar-refractivity contribution is 0.103. The second-order valence-corrected chi connectivity index (χ2v) is 8.86. The standard InChI is InChI=1S/C22H19ClN2O2S/c1-22(10-11-22)16-2-5-18(6-3-16)28(27)25-20-7-4-17(23)14-19(20)21(26)15-8-12-24-13-9-15/h2-9,12-14,25H,10-11H2,1H3. The van der Waals surface area contributed by atoms with Gasteiger partial charge in [-0.3, -0.25) is 9.78 Å². The maximum Gasteiger partial charge on any atom is 0.195 e. The topological polar surface area (TPSA) is 59.1 Å². The normalized spacial score (nSPS) is 15.6. The number of halogens is 1. The highest BCUT2D eigenvalue weighted by molar-refractivity contribution is 7.86. The van der Waals surface area contributed by atoms with Crippen LogP contribution in [0.15, 0.2) is 71.9 Å². The summed E-state index contributed by atoms with van der Waals surface area (Å²) in [7, 11) is -1.50. The van der Waals surface area contributed by atoms with Crippen molar-refractivity contribution >= 4 is 34.1 Å². The van der Waals surface area contributed by atoms with E-state index >= 15 is 0 Å². The molecule has 4 nitrogen and oxygen atoms in total. The van der Waals surface area contributed by atoms with Crippen molar-refractivity contribution in [3.8, 4) is 0 Å². The van der Waals surface area contributed by atoms with E-state index < -0.39 is 11.0 Å². The van der Waals surface area contributed by atoms with Gasteiger partial charge in [-0.05, 0) is 66.3 Å². The van der Waals surface area contributed by atoms with Gasteiger partial charge in [-0.25, -0.2) is 4.21 Å². The van der Waals surface area contributed by atoms with E-state index in [9.17, 15) is 9.00 Å². The van der Waals surface area contributed by atoms with Crippen LogP contribution in [0.1, 0.15) is 41.3 Å². The SMILES string of the molecule is CC1(c2ccc(S(=O)Nc3ccc(Cl)cc3C(=O)c3ccncc3)cc2)CC1. The molecule has 0 aliphatic heterocycles. The number of benzene rings is 2. The third-order valence-corrected chi connectivity index (χ3v) is 6.48. The van der Waals surface area contributed by atoms with Crippen LogP contribution < -0.4 is 4.72 Å². The monoisotopic (exact) mass is 410 g/mol. The van der Waals surface area contributed by atoms with Gasteiger partial charge in [-0.15, -0.1) is 0 Å². The molecule has 1 aliphatic rings. The van der Waals surface area contributed by atoms with E-state index in [2.05, 4.69) is 16.6 Å². The number of hydrogen-bond donors (Lipinski definition) is 1. The summed E-state index contributed by atoms with van der Waals surface area (Å²) in [4.78, 5) is 17.5. The molecule has 1 atom stereocenters. The third kappa shape index (κ3) is 3.86. The Morgan fingerprint density at radius 3 is 2.39 bits per heavy atom. The number of pyridine rings is 1. The van der Waals surface area contributed by atoms with Gasteiger partial charge in [-0.1, -0.05) is 30.7 Å². The van der Waals surface area contributed by atoms with Crippen molar-refractivity contribution in [3.05, 3.63) is 88.7 Å². The molecule has 0 saturated heterocycles. The Bertz CT molecular complexity index is 1050. The summed E-state index contributed by atoms with van der Waals surface area (Å²) in [6.45, 7) is 2.24. The second kappa shape index (κ2) is 7.49. The first kappa shape index (κ1) is 18.8. The summed E-state index contributed by atoms with van der Waals surface area (Å²) in [6, 6.07) is 16.0. The molecule has 4 rings (SSSR count). The Labute approximate surface area is 171 Å². The quantitative estimate of drug-likeness (QED) is 0.571. The molecule has 3 aromatic rings. The highest BCUT2D eigenvalue weighted by atomic mass is 35.5. The van der Waals surface area contributed by atoms with Gasteiger partial charge in [-0.2, -0.15) is 0 Å². The Kier molecular flexibility index (Phi) is 5.04. The molecule has 1 heterocycles. The van der Waals surface area contributed by atoms with Gasteiger partial charge < -0.3 is 4.72 Å². The van der Waals surface area contributed by atoms with Crippen LogP contribution in [0.3, 0.4) is 0 Å². The molecule has 1 fully saturated rings. The summed E-state index contributed by atoms with van der Waals surface area (Å²) in [5.74, 6) is -0.207. The number of nitrogens with zero attached hydrogens (tertiary/aromatic N) is 1. The largest absolute Gasteiger partial charge is 0.300 e. The Hall–Kier alpha value is -2.50. The van der Waals surface area contributed by atoms with Crippen molar-refractivity contribution in [2.75, 3.05) is 4.72 Å². The first-order valence-electron chi connectivity index (χ1n) is 8.99. The minimum Gasteiger partial charge on any atom is -0.300 e. The lowest BCUT2D eigenvalue weighted by Crippen LogP contribution is -2.11. The summed E-state index contributed by atoms with van der Waals surface area (Å²) < 4.78 is 15.8. The van der Waals surface area contributed by atoms with Crippen molar-refractivity contribution in [1.82, 2.24) is 4.98 Å². The van der Waals surface area contributed by atoms with Gasteiger partial charge in [0.25, 0.3) is 0 Å². The Balaban J connectivity index is 1.59. The first-order chi connectivity index (χ1) is 13.5. The van der Waals surface area contributed by atoms with Crippen molar-refractivity contribution in [2.45, 2.75) is 30.1 Å². The maximum atomic E-state index is 12.9. The number of nitrogens with one attached hydrogen (secondary N) is 1. The molecular weight excluding hydrogens is 392 g/mol. The second-order valence-electron chi connectivity index (χ2n) is 7.21. The number of anilines is 1. The molecule has 0 spiro atoms. The summed E-state index contributed by atoms with van der Waals surface area (Å²) in [5, 5.41) is 0.441. The van der Waals surface area contributed by atoms with Gasteiger partial charge in [0.15, 0.2) is 5.78 Å². The number of carbonyl (C=O) groups excluding carboxylic acids is 1. The van der Waals surface area contributed by atoms with Gasteiger partial charge in [0.2, 0.25) is 0 Å². The number of rotatable bonds is 6. The molecule has 1 unspecified atom stereocenters. The average Bonchev–Trinajstić information content (AvgIpc) is 3.48. The van der Waals surface area contributed by atoms with E-state index in [1.807, 2.05) is 24.3 Å². The van der Waals surface area contributed by atoms with E-state index in [4.69, 9.17) is 11.6 Å². The van der Waals surface area contributed by atoms with Crippen molar-refractivity contribution < 1.29 is 9.00 Å². The zero-order valence-corrected chi connectivity index (χ0v) is 16.9. The first-order valence-corrected chi connectivity index (χ1v) is 10.5. The lowest BCUT2D eigenvalue weighted by Gasteiger charge is -2.13. The molecule has 142 valence electrons. The molecule has 1 aliphatic carbocycles. The molecule has 1 saturated carbocycles. The maximum absolute atomic E-state index is 12.9. The smallest absolute Gasteiger partial charge is 0.195 e. The van der Waals surface area contributed by atoms with Crippen LogP contribution in [0.2, 0.25) is 5.02 Å². The minimum absolute atomic E-state index is 0.207. The predicted octanol–water partition coefficient (Wildman–Crippen LogP) is 5.15. The van der Waals surface area contributed by atoms with Gasteiger partial charge in [0.1, 0.15) is 11.0 Å². The predicted molar refractivity (Wildman–Crippen MR) is 112 cm³/mol. The molecule has 0 amide bonds. The minimum atomic E-state index is -1.50. The van der Waals surface area contributed by atoms with Crippen LogP contribution >= 0.6 is 11.6 Å². The average molecular weight is 411 g/mol. The van der Waals surface area contributed by atoms with E-state index in [1.54, 1.807) is 42.7 Å². The molecule has 6 heteroatoms. The number of hydrogen-bond acceptors (Lipinski definition) is 3. The molecule has 0 bridgehead atoms. The molecule has 0 radical (unpaired) electrons. The zero-order chi connectivity index (χ0) is 19.7. The lowest BCUT2D eigenvalue weighted by atomic mass is 9.99. The fourth-order valence-electron chi connectivity index (χ4n) is 3.07. The van der Waals surface area contributed by atoms with E-state index in [0.717, 1.165) is 0 Å². The fourth-order valence-corrected chi connectivity index (χ4v) is 4.12. The molecule has 2 aromatic carbocycles. The van der Waals surface area contributed by atoms with Crippen LogP contribution in [0.5, 0.6) is 0 Å². The van der Waals surface area contributed by atoms with E-state index in [1.165, 1.54) is 18.4 Å². The van der Waals surface area contributed by atoms with Crippen molar-refractivity contribution in [1.29, 1.82) is 0 Å². The van der Waals surface area contributed by atoms with Crippen molar-refractivity contribution in [2.24, 2.45) is 0 Å². The highest BCUT2D eigenvalue weighted by Crippen LogP contribution is 2.47. The van der Waals surface area contributed by atoms with Gasteiger partial charge in [0, 0.05) is 28.5 Å². The number of ketones is 1. The molecule has 1 N–H and O–H groups in total. The van der Waals surface area contributed by atoms with Crippen LogP contribution in [0.25, 0.3) is 0 Å². The molecular formula is C22H19ClN2O2S. The van der Waals surface area contributed by atoms with Crippen LogP contribution in [0, 0.1) is 0 Å². The molecule has 1 aromatic heterocycles. The third-order valence-electron chi connectivity index (χ3n) is 5.14. The Morgan fingerprint density at radius 1 is 1.07 bits per heavy atom. The summed E-state index contributed by atoms with van der Waals surface area (Å²) in [5.41, 5.74) is 2.88. The number of aromatic nitrogens is 1. The zero-order valence-electron chi connectivity index (χ0n) is 15.3. The Morgan fingerprint density at radius 2 is 1.75 bits per heavy atom. The van der Waals surface area contributed by atoms with Gasteiger partial charge in [0.05, 0.1) is 10.6 Å². The number of carbonyl (C=O) groups is 1. The highest BCUT2D eigenvalue weighted by Gasteiger charge is 2.38. The fraction of sp³-hybridized carbons (Fsp3) is 0.182.